The Kier molecular flexibility index (Phi) is 6.72. The highest BCUT2D eigenvalue weighted by Crippen LogP contribution is 2.22. The average molecular weight is 420 g/mol. The molecule has 0 N–H and O–H groups in total. The van der Waals surface area contributed by atoms with E-state index in [-0.39, 0.29) is 5.78 Å². The Bertz CT molecular complexity index is 948. The number of hydrogen-bond acceptors (Lipinski definition) is 2. The topological polar surface area (TPSA) is 29.4 Å². The summed E-state index contributed by atoms with van der Waals surface area (Å²) in [6.45, 7) is 2.05. The normalized spacial score (nSPS) is 11.0. The van der Waals surface area contributed by atoms with Gasteiger partial charge < -0.3 is 0 Å². The first-order valence-electron chi connectivity index (χ1n) is 9.10. The fraction of sp³-hybridized carbons (Fsp3) is 0.167. The van der Waals surface area contributed by atoms with Crippen molar-refractivity contribution in [2.75, 3.05) is 0 Å². The monoisotopic (exact) mass is 419 g/mol. The molecule has 3 aromatic carbocycles. The highest BCUT2D eigenvalue weighted by Gasteiger charge is 2.10. The number of carbonyl (C=O) groups is 1. The summed E-state index contributed by atoms with van der Waals surface area (Å²) in [5.74, 6) is 0.143. The van der Waals surface area contributed by atoms with Crippen molar-refractivity contribution < 1.29 is 4.79 Å². The molecule has 0 bridgehead atoms. The molecular formula is C24H22BrNO. The van der Waals surface area contributed by atoms with Crippen LogP contribution in [0.1, 0.15) is 39.9 Å². The standard InChI is InChI=1S/C24H22BrNO/c1-18-14-15-21(25)16-20(18)17-26-23-12-6-5-11-22(23)24(27)13-7-10-19-8-3-2-4-9-19/h2-6,8-9,11-12,14-17H,7,10,13H2,1H3/b26-17+. The quantitative estimate of drug-likeness (QED) is 0.308. The number of hydrogen-bond donors (Lipinski definition) is 0. The van der Waals surface area contributed by atoms with Crippen LogP contribution in [0.2, 0.25) is 0 Å². The van der Waals surface area contributed by atoms with Crippen LogP contribution in [-0.2, 0) is 6.42 Å². The number of Topliss-reactive ketones (excluding diaryl/α,β-unsaturated/α-hetero) is 1. The second-order valence-corrected chi connectivity index (χ2v) is 7.45. The lowest BCUT2D eigenvalue weighted by atomic mass is 10.0. The smallest absolute Gasteiger partial charge is 0.165 e. The van der Waals surface area contributed by atoms with E-state index in [0.29, 0.717) is 12.0 Å². The molecule has 0 radical (unpaired) electrons. The van der Waals surface area contributed by atoms with Gasteiger partial charge in [0, 0.05) is 22.7 Å². The summed E-state index contributed by atoms with van der Waals surface area (Å²) in [7, 11) is 0. The van der Waals surface area contributed by atoms with Gasteiger partial charge in [0.15, 0.2) is 5.78 Å². The highest BCUT2D eigenvalue weighted by molar-refractivity contribution is 9.10. The van der Waals surface area contributed by atoms with Crippen LogP contribution in [0.5, 0.6) is 0 Å². The van der Waals surface area contributed by atoms with Crippen LogP contribution in [0.15, 0.2) is 82.3 Å². The predicted molar refractivity (Wildman–Crippen MR) is 116 cm³/mol. The first-order valence-corrected chi connectivity index (χ1v) is 9.89. The van der Waals surface area contributed by atoms with Crippen molar-refractivity contribution in [3.8, 4) is 0 Å². The third kappa shape index (κ3) is 5.48. The molecular weight excluding hydrogens is 398 g/mol. The van der Waals surface area contributed by atoms with E-state index >= 15 is 0 Å². The van der Waals surface area contributed by atoms with Gasteiger partial charge in [0.05, 0.1) is 5.69 Å². The average Bonchev–Trinajstić information content (AvgIpc) is 2.69. The number of halogens is 1. The molecule has 0 fully saturated rings. The summed E-state index contributed by atoms with van der Waals surface area (Å²) >= 11 is 3.49. The van der Waals surface area contributed by atoms with Crippen molar-refractivity contribution >= 4 is 33.6 Å². The fourth-order valence-corrected chi connectivity index (χ4v) is 3.32. The molecule has 0 saturated carbocycles. The molecule has 0 aliphatic heterocycles. The molecule has 0 saturated heterocycles. The van der Waals surface area contributed by atoms with Crippen LogP contribution >= 0.6 is 15.9 Å². The largest absolute Gasteiger partial charge is 0.294 e. The molecule has 3 rings (SSSR count). The van der Waals surface area contributed by atoms with Crippen LogP contribution in [0.25, 0.3) is 0 Å². The van der Waals surface area contributed by atoms with E-state index in [0.717, 1.165) is 34.1 Å². The van der Waals surface area contributed by atoms with Crippen molar-refractivity contribution in [2.45, 2.75) is 26.2 Å². The van der Waals surface area contributed by atoms with Gasteiger partial charge in [0.25, 0.3) is 0 Å². The second-order valence-electron chi connectivity index (χ2n) is 6.54. The molecule has 3 aromatic rings. The third-order valence-corrected chi connectivity index (χ3v) is 4.99. The SMILES string of the molecule is Cc1ccc(Br)cc1/C=N/c1ccccc1C(=O)CCCc1ccccc1. The molecule has 0 amide bonds. The van der Waals surface area contributed by atoms with Gasteiger partial charge in [-0.15, -0.1) is 0 Å². The van der Waals surface area contributed by atoms with Gasteiger partial charge in [-0.1, -0.05) is 64.5 Å². The van der Waals surface area contributed by atoms with Crippen molar-refractivity contribution in [3.63, 3.8) is 0 Å². The Morgan fingerprint density at radius 2 is 1.74 bits per heavy atom. The molecule has 3 heteroatoms. The highest BCUT2D eigenvalue weighted by atomic mass is 79.9. The molecule has 0 atom stereocenters. The Morgan fingerprint density at radius 3 is 2.56 bits per heavy atom. The van der Waals surface area contributed by atoms with Gasteiger partial charge in [-0.25, -0.2) is 0 Å². The van der Waals surface area contributed by atoms with Gasteiger partial charge in [0.1, 0.15) is 0 Å². The molecule has 0 aromatic heterocycles. The van der Waals surface area contributed by atoms with E-state index in [9.17, 15) is 4.79 Å². The lowest BCUT2D eigenvalue weighted by Gasteiger charge is -2.06. The van der Waals surface area contributed by atoms with Crippen LogP contribution < -0.4 is 0 Å². The zero-order valence-electron chi connectivity index (χ0n) is 15.4. The lowest BCUT2D eigenvalue weighted by molar-refractivity contribution is 0.0981. The lowest BCUT2D eigenvalue weighted by Crippen LogP contribution is -2.00. The third-order valence-electron chi connectivity index (χ3n) is 4.50. The Balaban J connectivity index is 1.70. The number of carbonyl (C=O) groups excluding carboxylic acids is 1. The van der Waals surface area contributed by atoms with Gasteiger partial charge in [0.2, 0.25) is 0 Å². The minimum absolute atomic E-state index is 0.143. The van der Waals surface area contributed by atoms with Crippen LogP contribution in [0.4, 0.5) is 5.69 Å². The van der Waals surface area contributed by atoms with E-state index in [1.165, 1.54) is 5.56 Å². The number of rotatable bonds is 7. The molecule has 0 unspecified atom stereocenters. The number of ketones is 1. The Labute approximate surface area is 169 Å². The number of benzene rings is 3. The zero-order valence-corrected chi connectivity index (χ0v) is 16.9. The van der Waals surface area contributed by atoms with Gasteiger partial charge >= 0.3 is 0 Å². The summed E-state index contributed by atoms with van der Waals surface area (Å²) in [5.41, 5.74) is 4.86. The van der Waals surface area contributed by atoms with E-state index < -0.39 is 0 Å². The molecule has 0 aliphatic rings. The van der Waals surface area contributed by atoms with Gasteiger partial charge in [-0.3, -0.25) is 9.79 Å². The Hall–Kier alpha value is -2.52. The van der Waals surface area contributed by atoms with Crippen molar-refractivity contribution in [1.29, 1.82) is 0 Å². The first-order chi connectivity index (χ1) is 13.1. The van der Waals surface area contributed by atoms with Crippen LogP contribution in [-0.4, -0.2) is 12.0 Å². The second kappa shape index (κ2) is 9.43. The summed E-state index contributed by atoms with van der Waals surface area (Å²) in [5, 5.41) is 0. The van der Waals surface area contributed by atoms with E-state index in [1.807, 2.05) is 66.9 Å². The van der Waals surface area contributed by atoms with Crippen LogP contribution in [0.3, 0.4) is 0 Å². The van der Waals surface area contributed by atoms with E-state index in [2.05, 4.69) is 40.0 Å². The summed E-state index contributed by atoms with van der Waals surface area (Å²) < 4.78 is 1.01. The van der Waals surface area contributed by atoms with Crippen LogP contribution in [0, 0.1) is 6.92 Å². The summed E-state index contributed by atoms with van der Waals surface area (Å²) in [6.07, 6.45) is 4.11. The Morgan fingerprint density at radius 1 is 1.00 bits per heavy atom. The maximum absolute atomic E-state index is 12.7. The number of nitrogens with zero attached hydrogens (tertiary/aromatic N) is 1. The molecule has 0 spiro atoms. The summed E-state index contributed by atoms with van der Waals surface area (Å²) in [6, 6.07) is 23.9. The first kappa shape index (κ1) is 19.2. The van der Waals surface area contributed by atoms with Crippen molar-refractivity contribution in [2.24, 2.45) is 4.99 Å². The maximum Gasteiger partial charge on any atom is 0.165 e. The van der Waals surface area contributed by atoms with E-state index in [4.69, 9.17) is 0 Å². The van der Waals surface area contributed by atoms with Gasteiger partial charge in [-0.05, 0) is 60.7 Å². The molecule has 0 heterocycles. The minimum atomic E-state index is 0.143. The molecule has 2 nitrogen and oxygen atoms in total. The number of aliphatic imine (C=N–C) groups is 1. The van der Waals surface area contributed by atoms with Crippen molar-refractivity contribution in [1.82, 2.24) is 0 Å². The number of aryl methyl sites for hydroxylation is 2. The maximum atomic E-state index is 12.7. The molecule has 27 heavy (non-hydrogen) atoms. The minimum Gasteiger partial charge on any atom is -0.294 e. The molecule has 0 aliphatic carbocycles. The van der Waals surface area contributed by atoms with E-state index in [1.54, 1.807) is 0 Å². The fourth-order valence-electron chi connectivity index (χ4n) is 2.94. The number of para-hydroxylation sites is 1. The predicted octanol–water partition coefficient (Wildman–Crippen LogP) is 6.71. The zero-order chi connectivity index (χ0) is 19.1. The van der Waals surface area contributed by atoms with Gasteiger partial charge in [-0.2, -0.15) is 0 Å². The van der Waals surface area contributed by atoms with Crippen molar-refractivity contribution in [3.05, 3.63) is 99.5 Å². The summed E-state index contributed by atoms with van der Waals surface area (Å²) in [4.78, 5) is 17.3. The molecule has 136 valence electrons.